The van der Waals surface area contributed by atoms with E-state index in [-0.39, 0.29) is 6.04 Å². The molecule has 0 spiro atoms. The largest absolute Gasteiger partial charge is 0.497 e. The second-order valence-electron chi connectivity index (χ2n) is 8.74. The van der Waals surface area contributed by atoms with E-state index in [2.05, 4.69) is 46.6 Å². The molecule has 0 aliphatic carbocycles. The summed E-state index contributed by atoms with van der Waals surface area (Å²) in [6.07, 6.45) is 6.23. The Kier molecular flexibility index (Phi) is 8.10. The number of aromatic nitrogens is 1. The van der Waals surface area contributed by atoms with Crippen LogP contribution < -0.4 is 15.8 Å². The number of hydrogen-bond donors (Lipinski definition) is 2. The Hall–Kier alpha value is -2.47. The van der Waals surface area contributed by atoms with Gasteiger partial charge >= 0.3 is 0 Å². The fraction of sp³-hybridized carbons (Fsp3) is 0.444. The number of benzene rings is 2. The second kappa shape index (κ2) is 11.4. The van der Waals surface area contributed by atoms with E-state index < -0.39 is 0 Å². The van der Waals surface area contributed by atoms with Crippen LogP contribution >= 0.6 is 0 Å². The first kappa shape index (κ1) is 22.7. The maximum Gasteiger partial charge on any atom is 0.118 e. The van der Waals surface area contributed by atoms with Gasteiger partial charge in [-0.15, -0.1) is 0 Å². The zero-order valence-corrected chi connectivity index (χ0v) is 19.2. The molecule has 0 saturated carbocycles. The number of ether oxygens (including phenoxy) is 1. The number of methoxy groups -OCH3 is 1. The van der Waals surface area contributed by atoms with E-state index in [1.807, 2.05) is 18.2 Å². The number of fused-ring (bicyclic) bond motifs is 1. The molecule has 3 aromatic rings. The summed E-state index contributed by atoms with van der Waals surface area (Å²) >= 11 is 0. The summed E-state index contributed by atoms with van der Waals surface area (Å²) in [5.74, 6) is 0.845. The van der Waals surface area contributed by atoms with Crippen LogP contribution in [-0.4, -0.2) is 49.7 Å². The number of piperidine rings is 1. The molecule has 1 aliphatic heterocycles. The fourth-order valence-corrected chi connectivity index (χ4v) is 4.57. The monoisotopic (exact) mass is 432 g/mol. The van der Waals surface area contributed by atoms with Crippen LogP contribution in [0.3, 0.4) is 0 Å². The lowest BCUT2D eigenvalue weighted by molar-refractivity contribution is 0.225. The molecule has 170 valence electrons. The van der Waals surface area contributed by atoms with E-state index in [9.17, 15) is 0 Å². The molecular weight excluding hydrogens is 396 g/mol. The van der Waals surface area contributed by atoms with Gasteiger partial charge in [0.25, 0.3) is 0 Å². The third-order valence-corrected chi connectivity index (χ3v) is 6.44. The Morgan fingerprint density at radius 3 is 2.59 bits per heavy atom. The average molecular weight is 433 g/mol. The van der Waals surface area contributed by atoms with Crippen LogP contribution in [0.25, 0.3) is 22.2 Å². The molecule has 0 amide bonds. The van der Waals surface area contributed by atoms with Gasteiger partial charge in [-0.25, -0.2) is 4.98 Å². The summed E-state index contributed by atoms with van der Waals surface area (Å²) in [4.78, 5) is 7.49. The second-order valence-corrected chi connectivity index (χ2v) is 8.74. The number of nitrogens with two attached hydrogens (primary N) is 1. The fourth-order valence-electron chi connectivity index (χ4n) is 4.57. The van der Waals surface area contributed by atoms with Gasteiger partial charge in [0.15, 0.2) is 0 Å². The predicted octanol–water partition coefficient (Wildman–Crippen LogP) is 4.77. The standard InChI is InChI=1S/C27H36N4O/c1-32-22-12-10-21(11-13-22)27-20-24(23-8-3-4-9-26(23)30-27)25(28)14-16-29-15-7-19-31-17-5-2-6-18-31/h3-4,8-13,20,25,29H,2,5-7,14-19,28H2,1H3. The first-order valence-electron chi connectivity index (χ1n) is 12.0. The molecule has 32 heavy (non-hydrogen) atoms. The Morgan fingerprint density at radius 2 is 1.81 bits per heavy atom. The summed E-state index contributed by atoms with van der Waals surface area (Å²) in [7, 11) is 1.68. The minimum absolute atomic E-state index is 0.0329. The predicted molar refractivity (Wildman–Crippen MR) is 133 cm³/mol. The van der Waals surface area contributed by atoms with Crippen molar-refractivity contribution in [3.63, 3.8) is 0 Å². The Morgan fingerprint density at radius 1 is 1.03 bits per heavy atom. The summed E-state index contributed by atoms with van der Waals surface area (Å²) < 4.78 is 5.29. The number of nitrogens with zero attached hydrogens (tertiary/aromatic N) is 2. The van der Waals surface area contributed by atoms with Gasteiger partial charge in [0.05, 0.1) is 18.3 Å². The molecule has 1 aliphatic rings. The van der Waals surface area contributed by atoms with E-state index in [0.717, 1.165) is 53.0 Å². The van der Waals surface area contributed by atoms with Crippen LogP contribution in [0.15, 0.2) is 54.6 Å². The van der Waals surface area contributed by atoms with E-state index in [1.54, 1.807) is 7.11 Å². The van der Waals surface area contributed by atoms with Crippen LogP contribution in [0.4, 0.5) is 0 Å². The summed E-state index contributed by atoms with van der Waals surface area (Å²) in [5.41, 5.74) is 10.9. The maximum absolute atomic E-state index is 6.69. The normalized spacial score (nSPS) is 15.7. The van der Waals surface area contributed by atoms with Crippen LogP contribution in [-0.2, 0) is 0 Å². The molecule has 1 fully saturated rings. The Bertz CT molecular complexity index is 983. The number of para-hydroxylation sites is 1. The van der Waals surface area contributed by atoms with Crippen LogP contribution in [0.5, 0.6) is 5.75 Å². The van der Waals surface area contributed by atoms with Crippen molar-refractivity contribution in [3.05, 3.63) is 60.2 Å². The third kappa shape index (κ3) is 5.85. The van der Waals surface area contributed by atoms with Gasteiger partial charge in [0, 0.05) is 17.0 Å². The zero-order chi connectivity index (χ0) is 22.2. The molecule has 1 aromatic heterocycles. The van der Waals surface area contributed by atoms with Crippen molar-refractivity contribution >= 4 is 10.9 Å². The molecule has 1 saturated heterocycles. The van der Waals surface area contributed by atoms with Crippen LogP contribution in [0, 0.1) is 0 Å². The third-order valence-electron chi connectivity index (χ3n) is 6.44. The van der Waals surface area contributed by atoms with Crippen LogP contribution in [0.2, 0.25) is 0 Å². The Labute approximate surface area is 192 Å². The number of pyridine rings is 1. The molecule has 0 bridgehead atoms. The zero-order valence-electron chi connectivity index (χ0n) is 19.2. The lowest BCUT2D eigenvalue weighted by atomic mass is 9.97. The molecule has 2 aromatic carbocycles. The molecule has 3 N–H and O–H groups in total. The molecule has 1 unspecified atom stereocenters. The SMILES string of the molecule is COc1ccc(-c2cc(C(N)CCNCCCN3CCCCC3)c3ccccc3n2)cc1. The number of hydrogen-bond acceptors (Lipinski definition) is 5. The van der Waals surface area contributed by atoms with Crippen molar-refractivity contribution in [2.75, 3.05) is 39.8 Å². The minimum atomic E-state index is -0.0329. The minimum Gasteiger partial charge on any atom is -0.497 e. The van der Waals surface area contributed by atoms with E-state index >= 15 is 0 Å². The van der Waals surface area contributed by atoms with Crippen LogP contribution in [0.1, 0.15) is 43.7 Å². The highest BCUT2D eigenvalue weighted by Gasteiger charge is 2.14. The maximum atomic E-state index is 6.69. The lowest BCUT2D eigenvalue weighted by Gasteiger charge is -2.26. The smallest absolute Gasteiger partial charge is 0.118 e. The average Bonchev–Trinajstić information content (AvgIpc) is 2.86. The first-order chi connectivity index (χ1) is 15.7. The first-order valence-corrected chi connectivity index (χ1v) is 12.0. The number of rotatable bonds is 10. The Balaban J connectivity index is 1.38. The van der Waals surface area contributed by atoms with Crippen molar-refractivity contribution in [2.45, 2.75) is 38.1 Å². The quantitative estimate of drug-likeness (QED) is 0.452. The highest BCUT2D eigenvalue weighted by molar-refractivity contribution is 5.85. The van der Waals surface area contributed by atoms with Gasteiger partial charge in [-0.2, -0.15) is 0 Å². The molecule has 2 heterocycles. The molecule has 5 nitrogen and oxygen atoms in total. The molecule has 4 rings (SSSR count). The van der Waals surface area contributed by atoms with Gasteiger partial charge in [-0.1, -0.05) is 24.6 Å². The van der Waals surface area contributed by atoms with Gasteiger partial charge in [0.2, 0.25) is 0 Å². The lowest BCUT2D eigenvalue weighted by Crippen LogP contribution is -2.32. The van der Waals surface area contributed by atoms with Gasteiger partial charge in [-0.05, 0) is 100 Å². The topological polar surface area (TPSA) is 63.4 Å². The highest BCUT2D eigenvalue weighted by Crippen LogP contribution is 2.29. The van der Waals surface area contributed by atoms with E-state index in [4.69, 9.17) is 15.5 Å². The molecule has 1 atom stereocenters. The van der Waals surface area contributed by atoms with Gasteiger partial charge in [-0.3, -0.25) is 0 Å². The summed E-state index contributed by atoms with van der Waals surface area (Å²) in [6.45, 7) is 5.74. The van der Waals surface area contributed by atoms with Gasteiger partial charge in [0.1, 0.15) is 5.75 Å². The van der Waals surface area contributed by atoms with Crippen molar-refractivity contribution in [2.24, 2.45) is 5.73 Å². The van der Waals surface area contributed by atoms with Crippen molar-refractivity contribution in [1.29, 1.82) is 0 Å². The molecule has 5 heteroatoms. The molecule has 0 radical (unpaired) electrons. The number of nitrogens with one attached hydrogen (secondary N) is 1. The summed E-state index contributed by atoms with van der Waals surface area (Å²) in [6, 6.07) is 18.5. The van der Waals surface area contributed by atoms with Gasteiger partial charge < -0.3 is 20.7 Å². The van der Waals surface area contributed by atoms with Crippen molar-refractivity contribution in [3.8, 4) is 17.0 Å². The number of likely N-dealkylation sites (tertiary alicyclic amines) is 1. The van der Waals surface area contributed by atoms with E-state index in [0.29, 0.717) is 0 Å². The van der Waals surface area contributed by atoms with Crippen molar-refractivity contribution < 1.29 is 4.74 Å². The van der Waals surface area contributed by atoms with Crippen molar-refractivity contribution in [1.82, 2.24) is 15.2 Å². The highest BCUT2D eigenvalue weighted by atomic mass is 16.5. The van der Waals surface area contributed by atoms with E-state index in [1.165, 1.54) is 45.3 Å². The molecular formula is C27H36N4O. The summed E-state index contributed by atoms with van der Waals surface area (Å²) in [5, 5.41) is 4.74.